The van der Waals surface area contributed by atoms with Crippen molar-refractivity contribution >= 4 is 63.2 Å². The maximum absolute atomic E-state index is 12.5. The van der Waals surface area contributed by atoms with Crippen molar-refractivity contribution in [3.63, 3.8) is 0 Å². The summed E-state index contributed by atoms with van der Waals surface area (Å²) in [6, 6.07) is 13.2. The van der Waals surface area contributed by atoms with Gasteiger partial charge in [0.15, 0.2) is 5.69 Å². The Morgan fingerprint density at radius 1 is 1.11 bits per heavy atom. The number of thioether (sulfide) groups is 1. The van der Waals surface area contributed by atoms with Gasteiger partial charge in [0.2, 0.25) is 5.13 Å². The van der Waals surface area contributed by atoms with Crippen LogP contribution in [0.25, 0.3) is 38.4 Å². The number of nitrogens with zero attached hydrogens (tertiary/aromatic N) is 3. The lowest BCUT2D eigenvalue weighted by atomic mass is 10.0. The zero-order valence-electron chi connectivity index (χ0n) is 19.0. The molecule has 10 heteroatoms. The lowest BCUT2D eigenvalue weighted by Crippen LogP contribution is -2.09. The summed E-state index contributed by atoms with van der Waals surface area (Å²) in [7, 11) is 0. The van der Waals surface area contributed by atoms with Gasteiger partial charge in [-0.05, 0) is 42.1 Å². The summed E-state index contributed by atoms with van der Waals surface area (Å²) in [6.45, 7) is 6.00. The molecule has 0 fully saturated rings. The highest BCUT2D eigenvalue weighted by atomic mass is 35.5. The SMILES string of the molecule is Cc1nn(-c2nc(-c3ccc(Cl)c(Cl)c3)c(SC(C)C)s2)c(C(=O)O)c1-c1ccc2cc[nH]c2c1. The minimum Gasteiger partial charge on any atom is -0.476 e. The van der Waals surface area contributed by atoms with Gasteiger partial charge in [-0.1, -0.05) is 66.6 Å². The molecule has 0 bridgehead atoms. The Hall–Kier alpha value is -2.78. The molecule has 5 rings (SSSR count). The van der Waals surface area contributed by atoms with E-state index in [1.807, 2.05) is 43.5 Å². The highest BCUT2D eigenvalue weighted by molar-refractivity contribution is 8.01. The molecule has 0 aliphatic carbocycles. The number of carboxylic acids is 1. The normalized spacial score (nSPS) is 11.6. The summed E-state index contributed by atoms with van der Waals surface area (Å²) in [5, 5.41) is 17.6. The highest BCUT2D eigenvalue weighted by Crippen LogP contribution is 2.42. The lowest BCUT2D eigenvalue weighted by molar-refractivity contribution is 0.0688. The largest absolute Gasteiger partial charge is 0.476 e. The van der Waals surface area contributed by atoms with Crippen molar-refractivity contribution in [3.05, 3.63) is 70.1 Å². The molecule has 0 saturated heterocycles. The molecule has 0 unspecified atom stereocenters. The predicted molar refractivity (Wildman–Crippen MR) is 145 cm³/mol. The van der Waals surface area contributed by atoms with Gasteiger partial charge in [0.25, 0.3) is 0 Å². The second-order valence-corrected chi connectivity index (χ2v) is 11.9. The fourth-order valence-corrected chi connectivity index (χ4v) is 6.69. The number of aryl methyl sites for hydroxylation is 1. The molecule has 0 aliphatic heterocycles. The highest BCUT2D eigenvalue weighted by Gasteiger charge is 2.27. The van der Waals surface area contributed by atoms with Crippen LogP contribution in [0.4, 0.5) is 0 Å². The number of hydrogen-bond acceptors (Lipinski definition) is 5. The first kappa shape index (κ1) is 23.9. The molecule has 0 spiro atoms. The second-order valence-electron chi connectivity index (χ2n) is 8.23. The van der Waals surface area contributed by atoms with E-state index in [4.69, 9.17) is 28.2 Å². The Labute approximate surface area is 219 Å². The van der Waals surface area contributed by atoms with Crippen LogP contribution in [0, 0.1) is 6.92 Å². The van der Waals surface area contributed by atoms with E-state index >= 15 is 0 Å². The van der Waals surface area contributed by atoms with Crippen molar-refractivity contribution in [2.45, 2.75) is 30.2 Å². The molecule has 178 valence electrons. The predicted octanol–water partition coefficient (Wildman–Crippen LogP) is 7.96. The van der Waals surface area contributed by atoms with Crippen molar-refractivity contribution < 1.29 is 9.90 Å². The van der Waals surface area contributed by atoms with Crippen LogP contribution in [0.5, 0.6) is 0 Å². The van der Waals surface area contributed by atoms with Crippen LogP contribution < -0.4 is 0 Å². The van der Waals surface area contributed by atoms with Crippen LogP contribution in [0.2, 0.25) is 10.0 Å². The summed E-state index contributed by atoms with van der Waals surface area (Å²) in [5.41, 5.74) is 4.49. The molecule has 35 heavy (non-hydrogen) atoms. The molecule has 3 heterocycles. The molecular weight excluding hydrogens is 523 g/mol. The van der Waals surface area contributed by atoms with Crippen LogP contribution in [0.3, 0.4) is 0 Å². The number of fused-ring (bicyclic) bond motifs is 1. The number of rotatable bonds is 6. The number of hydrogen-bond donors (Lipinski definition) is 2. The Morgan fingerprint density at radius 3 is 2.60 bits per heavy atom. The average Bonchev–Trinajstić information content (AvgIpc) is 3.51. The van der Waals surface area contributed by atoms with Gasteiger partial charge < -0.3 is 10.1 Å². The van der Waals surface area contributed by atoms with Crippen molar-refractivity contribution in [3.8, 4) is 27.5 Å². The molecule has 6 nitrogen and oxygen atoms in total. The number of halogens is 2. The molecule has 2 aromatic carbocycles. The topological polar surface area (TPSA) is 83.8 Å². The molecule has 0 radical (unpaired) electrons. The average molecular weight is 544 g/mol. The van der Waals surface area contributed by atoms with E-state index in [1.54, 1.807) is 23.9 Å². The van der Waals surface area contributed by atoms with Gasteiger partial charge in [0, 0.05) is 28.1 Å². The maximum Gasteiger partial charge on any atom is 0.355 e. The monoisotopic (exact) mass is 542 g/mol. The molecule has 0 amide bonds. The van der Waals surface area contributed by atoms with E-state index in [-0.39, 0.29) is 5.69 Å². The summed E-state index contributed by atoms with van der Waals surface area (Å²) in [5.74, 6) is -1.07. The van der Waals surface area contributed by atoms with Crippen molar-refractivity contribution in [2.24, 2.45) is 0 Å². The number of nitrogens with one attached hydrogen (secondary N) is 1. The van der Waals surface area contributed by atoms with Gasteiger partial charge in [0.05, 0.1) is 25.6 Å². The van der Waals surface area contributed by atoms with Crippen molar-refractivity contribution in [1.82, 2.24) is 19.7 Å². The zero-order valence-corrected chi connectivity index (χ0v) is 22.1. The smallest absolute Gasteiger partial charge is 0.355 e. The Kier molecular flexibility index (Phi) is 6.40. The van der Waals surface area contributed by atoms with Gasteiger partial charge in [-0.2, -0.15) is 9.78 Å². The summed E-state index contributed by atoms with van der Waals surface area (Å²) >= 11 is 15.5. The summed E-state index contributed by atoms with van der Waals surface area (Å²) in [6.07, 6.45) is 1.86. The van der Waals surface area contributed by atoms with E-state index in [2.05, 4.69) is 23.9 Å². The van der Waals surface area contributed by atoms with Crippen LogP contribution in [0.15, 0.2) is 52.9 Å². The number of thiazole rings is 1. The van der Waals surface area contributed by atoms with E-state index in [9.17, 15) is 9.90 Å². The second kappa shape index (κ2) is 9.35. The number of aromatic nitrogens is 4. The third-order valence-electron chi connectivity index (χ3n) is 5.41. The maximum atomic E-state index is 12.5. The first-order valence-electron chi connectivity index (χ1n) is 10.8. The number of aromatic carboxylic acids is 1. The van der Waals surface area contributed by atoms with E-state index < -0.39 is 5.97 Å². The minimum absolute atomic E-state index is 0.0731. The van der Waals surface area contributed by atoms with E-state index in [0.717, 1.165) is 31.9 Å². The van der Waals surface area contributed by atoms with E-state index in [0.29, 0.717) is 31.7 Å². The van der Waals surface area contributed by atoms with E-state index in [1.165, 1.54) is 16.0 Å². The minimum atomic E-state index is -1.07. The number of H-pyrrole nitrogens is 1. The summed E-state index contributed by atoms with van der Waals surface area (Å²) < 4.78 is 2.38. The van der Waals surface area contributed by atoms with Crippen LogP contribution in [-0.2, 0) is 0 Å². The molecule has 0 atom stereocenters. The number of benzene rings is 2. The summed E-state index contributed by atoms with van der Waals surface area (Å²) in [4.78, 5) is 20.5. The first-order valence-corrected chi connectivity index (χ1v) is 13.2. The lowest BCUT2D eigenvalue weighted by Gasteiger charge is -2.05. The molecule has 3 aromatic heterocycles. The standard InChI is InChI=1S/C25H20Cl2N4O2S2/c1-12(2)34-24-21(16-6-7-17(26)18(27)10-16)29-25(35-24)31-22(23(32)33)20(13(3)30-31)15-5-4-14-8-9-28-19(14)11-15/h4-12,28H,1-3H3,(H,32,33). The quantitative estimate of drug-likeness (QED) is 0.212. The van der Waals surface area contributed by atoms with Crippen LogP contribution in [0.1, 0.15) is 30.0 Å². The number of carbonyl (C=O) groups is 1. The Balaban J connectivity index is 1.69. The molecule has 0 aliphatic rings. The third kappa shape index (κ3) is 4.47. The molecular formula is C25H20Cl2N4O2S2. The third-order valence-corrected chi connectivity index (χ3v) is 8.39. The fraction of sp³-hybridized carbons (Fsp3) is 0.160. The Morgan fingerprint density at radius 2 is 1.89 bits per heavy atom. The number of aromatic amines is 1. The zero-order chi connectivity index (χ0) is 24.9. The van der Waals surface area contributed by atoms with Gasteiger partial charge in [0.1, 0.15) is 0 Å². The van der Waals surface area contributed by atoms with Gasteiger partial charge in [-0.25, -0.2) is 9.78 Å². The Bertz CT molecular complexity index is 1590. The fourth-order valence-electron chi connectivity index (χ4n) is 3.92. The van der Waals surface area contributed by atoms with Crippen LogP contribution >= 0.6 is 46.3 Å². The van der Waals surface area contributed by atoms with Crippen molar-refractivity contribution in [2.75, 3.05) is 0 Å². The van der Waals surface area contributed by atoms with Gasteiger partial charge >= 0.3 is 5.97 Å². The number of carboxylic acid groups (broad SMARTS) is 1. The van der Waals surface area contributed by atoms with Gasteiger partial charge in [-0.3, -0.25) is 0 Å². The molecule has 0 saturated carbocycles. The van der Waals surface area contributed by atoms with Gasteiger partial charge in [-0.15, -0.1) is 11.8 Å². The first-order chi connectivity index (χ1) is 16.7. The molecule has 2 N–H and O–H groups in total. The van der Waals surface area contributed by atoms with Crippen molar-refractivity contribution in [1.29, 1.82) is 0 Å². The molecule has 5 aromatic rings. The van der Waals surface area contributed by atoms with Crippen LogP contribution in [-0.4, -0.2) is 36.1 Å².